The summed E-state index contributed by atoms with van der Waals surface area (Å²) in [6.45, 7) is 6.87. The predicted octanol–water partition coefficient (Wildman–Crippen LogP) is 3.62. The third kappa shape index (κ3) is 3.62. The summed E-state index contributed by atoms with van der Waals surface area (Å²) >= 11 is 0. The fourth-order valence-electron chi connectivity index (χ4n) is 2.54. The van der Waals surface area contributed by atoms with Crippen LogP contribution in [-0.2, 0) is 0 Å². The molecule has 1 N–H and O–H groups in total. The van der Waals surface area contributed by atoms with E-state index in [1.807, 2.05) is 35.8 Å². The van der Waals surface area contributed by atoms with Gasteiger partial charge in [-0.05, 0) is 44.0 Å². The summed E-state index contributed by atoms with van der Waals surface area (Å²) in [6, 6.07) is 10.2. The molecular weight excluding hydrogens is 288 g/mol. The number of nitrogens with one attached hydrogen (secondary N) is 1. The Labute approximate surface area is 136 Å². The van der Waals surface area contributed by atoms with Gasteiger partial charge < -0.3 is 10.1 Å². The van der Waals surface area contributed by atoms with E-state index in [1.165, 1.54) is 5.56 Å². The van der Waals surface area contributed by atoms with Gasteiger partial charge in [0.1, 0.15) is 17.4 Å². The molecule has 0 bridgehead atoms. The Hall–Kier alpha value is -2.56. The maximum Gasteiger partial charge on any atom is 0.152 e. The standard InChI is InChI=1S/C18H22N4O/c1-4-15(23-16-7-5-6-13(2)10-16)12-20-18-17-11-14(3)21-22(17)9-8-19-18/h5-11,15H,4,12H2,1-3H3,(H,19,20). The van der Waals surface area contributed by atoms with Crippen LogP contribution in [0.3, 0.4) is 0 Å². The summed E-state index contributed by atoms with van der Waals surface area (Å²) in [4.78, 5) is 4.42. The van der Waals surface area contributed by atoms with Gasteiger partial charge in [0.15, 0.2) is 5.82 Å². The second-order valence-corrected chi connectivity index (χ2v) is 5.74. The minimum absolute atomic E-state index is 0.0860. The van der Waals surface area contributed by atoms with Crippen LogP contribution in [0.5, 0.6) is 5.75 Å². The fraction of sp³-hybridized carbons (Fsp3) is 0.333. The number of hydrogen-bond donors (Lipinski definition) is 1. The Morgan fingerprint density at radius 3 is 2.91 bits per heavy atom. The number of benzene rings is 1. The molecule has 0 amide bonds. The van der Waals surface area contributed by atoms with Crippen molar-refractivity contribution in [2.24, 2.45) is 0 Å². The van der Waals surface area contributed by atoms with Crippen molar-refractivity contribution in [2.75, 3.05) is 11.9 Å². The third-order valence-electron chi connectivity index (χ3n) is 3.76. The van der Waals surface area contributed by atoms with Gasteiger partial charge in [-0.3, -0.25) is 0 Å². The highest BCUT2D eigenvalue weighted by molar-refractivity contribution is 5.67. The van der Waals surface area contributed by atoms with Crippen LogP contribution in [0, 0.1) is 13.8 Å². The lowest BCUT2D eigenvalue weighted by Gasteiger charge is -2.19. The van der Waals surface area contributed by atoms with Crippen molar-refractivity contribution in [1.82, 2.24) is 14.6 Å². The molecule has 5 heteroatoms. The highest BCUT2D eigenvalue weighted by atomic mass is 16.5. The lowest BCUT2D eigenvalue weighted by atomic mass is 10.2. The van der Waals surface area contributed by atoms with Crippen molar-refractivity contribution in [3.05, 3.63) is 54.0 Å². The van der Waals surface area contributed by atoms with Gasteiger partial charge in [-0.25, -0.2) is 9.50 Å². The molecule has 1 aromatic carbocycles. The molecule has 2 heterocycles. The molecule has 0 spiro atoms. The van der Waals surface area contributed by atoms with E-state index < -0.39 is 0 Å². The Bertz CT molecular complexity index is 797. The number of aromatic nitrogens is 3. The van der Waals surface area contributed by atoms with Crippen molar-refractivity contribution in [3.63, 3.8) is 0 Å². The van der Waals surface area contributed by atoms with Gasteiger partial charge in [0.25, 0.3) is 0 Å². The van der Waals surface area contributed by atoms with Gasteiger partial charge in [0.05, 0.1) is 12.2 Å². The summed E-state index contributed by atoms with van der Waals surface area (Å²) in [5.74, 6) is 1.74. The molecule has 2 aromatic heterocycles. The van der Waals surface area contributed by atoms with E-state index in [1.54, 1.807) is 6.20 Å². The van der Waals surface area contributed by atoms with Gasteiger partial charge in [-0.2, -0.15) is 5.10 Å². The van der Waals surface area contributed by atoms with E-state index in [0.717, 1.165) is 29.2 Å². The lowest BCUT2D eigenvalue weighted by Crippen LogP contribution is -2.26. The summed E-state index contributed by atoms with van der Waals surface area (Å²) in [5, 5.41) is 7.79. The molecule has 0 aliphatic carbocycles. The van der Waals surface area contributed by atoms with Crippen LogP contribution in [0.2, 0.25) is 0 Å². The maximum atomic E-state index is 6.07. The zero-order valence-corrected chi connectivity index (χ0v) is 13.8. The molecule has 1 atom stereocenters. The molecule has 23 heavy (non-hydrogen) atoms. The molecule has 0 saturated heterocycles. The Morgan fingerprint density at radius 2 is 2.13 bits per heavy atom. The second kappa shape index (κ2) is 6.69. The Kier molecular flexibility index (Phi) is 4.46. The average molecular weight is 310 g/mol. The summed E-state index contributed by atoms with van der Waals surface area (Å²) in [5.41, 5.74) is 3.16. The second-order valence-electron chi connectivity index (χ2n) is 5.74. The maximum absolute atomic E-state index is 6.07. The zero-order chi connectivity index (χ0) is 16.2. The molecule has 3 aromatic rings. The summed E-state index contributed by atoms with van der Waals surface area (Å²) < 4.78 is 7.91. The summed E-state index contributed by atoms with van der Waals surface area (Å²) in [7, 11) is 0. The third-order valence-corrected chi connectivity index (χ3v) is 3.76. The van der Waals surface area contributed by atoms with Crippen LogP contribution < -0.4 is 10.1 Å². The van der Waals surface area contributed by atoms with Crippen LogP contribution in [0.25, 0.3) is 5.52 Å². The number of nitrogens with zero attached hydrogens (tertiary/aromatic N) is 3. The van der Waals surface area contributed by atoms with Crippen molar-refractivity contribution >= 4 is 11.3 Å². The van der Waals surface area contributed by atoms with Gasteiger partial charge in [0.2, 0.25) is 0 Å². The van der Waals surface area contributed by atoms with Crippen LogP contribution in [0.4, 0.5) is 5.82 Å². The summed E-state index contributed by atoms with van der Waals surface area (Å²) in [6.07, 6.45) is 4.61. The van der Waals surface area contributed by atoms with Crippen LogP contribution in [-0.4, -0.2) is 27.2 Å². The van der Waals surface area contributed by atoms with E-state index in [9.17, 15) is 0 Å². The number of aryl methyl sites for hydroxylation is 2. The molecule has 120 valence electrons. The van der Waals surface area contributed by atoms with E-state index in [4.69, 9.17) is 4.74 Å². The van der Waals surface area contributed by atoms with Crippen LogP contribution in [0.15, 0.2) is 42.7 Å². The topological polar surface area (TPSA) is 51.5 Å². The fourth-order valence-corrected chi connectivity index (χ4v) is 2.54. The normalized spacial score (nSPS) is 12.3. The molecule has 0 fully saturated rings. The molecule has 1 unspecified atom stereocenters. The minimum Gasteiger partial charge on any atom is -0.489 e. The van der Waals surface area contributed by atoms with Gasteiger partial charge in [-0.1, -0.05) is 19.1 Å². The van der Waals surface area contributed by atoms with Crippen molar-refractivity contribution in [3.8, 4) is 5.75 Å². The molecular formula is C18H22N4O. The molecule has 0 saturated carbocycles. The number of rotatable bonds is 6. The van der Waals surface area contributed by atoms with E-state index in [2.05, 4.69) is 41.4 Å². The number of hydrogen-bond acceptors (Lipinski definition) is 4. The Morgan fingerprint density at radius 1 is 1.26 bits per heavy atom. The SMILES string of the molecule is CCC(CNc1nccn2nc(C)cc12)Oc1cccc(C)c1. The van der Waals surface area contributed by atoms with Crippen molar-refractivity contribution in [1.29, 1.82) is 0 Å². The van der Waals surface area contributed by atoms with E-state index >= 15 is 0 Å². The first-order valence-electron chi connectivity index (χ1n) is 7.94. The Balaban J connectivity index is 1.69. The zero-order valence-electron chi connectivity index (χ0n) is 13.8. The largest absolute Gasteiger partial charge is 0.489 e. The first-order chi connectivity index (χ1) is 11.2. The average Bonchev–Trinajstić information content (AvgIpc) is 2.92. The lowest BCUT2D eigenvalue weighted by molar-refractivity contribution is 0.210. The van der Waals surface area contributed by atoms with Gasteiger partial charge in [-0.15, -0.1) is 0 Å². The number of fused-ring (bicyclic) bond motifs is 1. The molecule has 0 aliphatic heterocycles. The van der Waals surface area contributed by atoms with Crippen molar-refractivity contribution < 1.29 is 4.74 Å². The van der Waals surface area contributed by atoms with Gasteiger partial charge >= 0.3 is 0 Å². The smallest absolute Gasteiger partial charge is 0.152 e. The predicted molar refractivity (Wildman–Crippen MR) is 92.1 cm³/mol. The highest BCUT2D eigenvalue weighted by Crippen LogP contribution is 2.17. The molecule has 0 radical (unpaired) electrons. The molecule has 3 rings (SSSR count). The first-order valence-corrected chi connectivity index (χ1v) is 7.94. The van der Waals surface area contributed by atoms with Crippen molar-refractivity contribution in [2.45, 2.75) is 33.3 Å². The molecule has 5 nitrogen and oxygen atoms in total. The van der Waals surface area contributed by atoms with Crippen LogP contribution >= 0.6 is 0 Å². The molecule has 0 aliphatic rings. The van der Waals surface area contributed by atoms with Gasteiger partial charge in [0, 0.05) is 12.4 Å². The van der Waals surface area contributed by atoms with Crippen LogP contribution in [0.1, 0.15) is 24.6 Å². The van der Waals surface area contributed by atoms with E-state index in [0.29, 0.717) is 6.54 Å². The monoisotopic (exact) mass is 310 g/mol. The first kappa shape index (κ1) is 15.3. The highest BCUT2D eigenvalue weighted by Gasteiger charge is 2.11. The minimum atomic E-state index is 0.0860. The number of ether oxygens (including phenoxy) is 1. The quantitative estimate of drug-likeness (QED) is 0.755. The van der Waals surface area contributed by atoms with E-state index in [-0.39, 0.29) is 6.10 Å². The number of anilines is 1.